The van der Waals surface area contributed by atoms with E-state index in [-0.39, 0.29) is 12.5 Å². The van der Waals surface area contributed by atoms with E-state index in [4.69, 9.17) is 9.31 Å². The number of nitrogens with zero attached hydrogens (tertiary/aromatic N) is 1. The van der Waals surface area contributed by atoms with Crippen molar-refractivity contribution in [3.05, 3.63) is 11.1 Å². The van der Waals surface area contributed by atoms with E-state index in [0.717, 1.165) is 18.1 Å². The lowest BCUT2D eigenvalue weighted by Crippen LogP contribution is -2.47. The highest BCUT2D eigenvalue weighted by Crippen LogP contribution is 2.21. The third kappa shape index (κ3) is 2.16. The van der Waals surface area contributed by atoms with Crippen LogP contribution in [0, 0.1) is 12.3 Å². The molecule has 0 saturated carbocycles. The molecule has 0 unspecified atom stereocenters. The fraction of sp³-hybridized carbons (Fsp3) is 0.667. The summed E-state index contributed by atoms with van der Waals surface area (Å²) in [6, 6.07) is 0. The van der Waals surface area contributed by atoms with Crippen LogP contribution in [0.1, 0.15) is 18.7 Å². The summed E-state index contributed by atoms with van der Waals surface area (Å²) in [7, 11) is -0.248. The van der Waals surface area contributed by atoms with Crippen LogP contribution in [-0.2, 0) is 9.31 Å². The first-order valence-corrected chi connectivity index (χ1v) is 5.54. The molecule has 0 atom stereocenters. The molecule has 0 bridgehead atoms. The van der Waals surface area contributed by atoms with E-state index in [2.05, 4.69) is 18.8 Å². The summed E-state index contributed by atoms with van der Waals surface area (Å²) >= 11 is 1.63. The lowest BCUT2D eigenvalue weighted by Gasteiger charge is -2.32. The number of hydrogen-bond donors (Lipinski definition) is 0. The lowest BCUT2D eigenvalue weighted by atomic mass is 9.85. The number of thiazole rings is 1. The Morgan fingerprint density at radius 2 is 2.07 bits per heavy atom. The average molecular weight is 211 g/mol. The summed E-state index contributed by atoms with van der Waals surface area (Å²) in [6.45, 7) is 7.77. The van der Waals surface area contributed by atoms with E-state index in [9.17, 15) is 0 Å². The highest BCUT2D eigenvalue weighted by molar-refractivity contribution is 7.21. The van der Waals surface area contributed by atoms with Gasteiger partial charge >= 0.3 is 7.12 Å². The van der Waals surface area contributed by atoms with Gasteiger partial charge in [-0.1, -0.05) is 13.8 Å². The van der Waals surface area contributed by atoms with Gasteiger partial charge in [-0.2, -0.15) is 0 Å². The second-order valence-corrected chi connectivity index (χ2v) is 5.69. The average Bonchev–Trinajstić information content (AvgIpc) is 2.52. The first kappa shape index (κ1) is 10.1. The number of hydrogen-bond acceptors (Lipinski definition) is 4. The van der Waals surface area contributed by atoms with Crippen molar-refractivity contribution in [2.24, 2.45) is 5.41 Å². The van der Waals surface area contributed by atoms with Gasteiger partial charge in [-0.3, -0.25) is 4.98 Å². The second kappa shape index (κ2) is 3.64. The Kier molecular flexibility index (Phi) is 2.64. The van der Waals surface area contributed by atoms with Crippen molar-refractivity contribution < 1.29 is 9.31 Å². The SMILES string of the molecule is Cc1cnc(B2OCC(C)(C)CO2)s1. The van der Waals surface area contributed by atoms with Gasteiger partial charge in [-0.25, -0.2) is 0 Å². The van der Waals surface area contributed by atoms with Gasteiger partial charge in [0, 0.05) is 29.7 Å². The van der Waals surface area contributed by atoms with Crippen LogP contribution in [0.15, 0.2) is 6.20 Å². The molecule has 0 amide bonds. The zero-order valence-corrected chi connectivity index (χ0v) is 9.56. The molecule has 0 radical (unpaired) electrons. The van der Waals surface area contributed by atoms with Crippen LogP contribution >= 0.6 is 11.3 Å². The van der Waals surface area contributed by atoms with Crippen LogP contribution in [-0.4, -0.2) is 25.3 Å². The van der Waals surface area contributed by atoms with Crippen molar-refractivity contribution in [3.8, 4) is 0 Å². The van der Waals surface area contributed by atoms with Crippen molar-refractivity contribution in [2.75, 3.05) is 13.2 Å². The van der Waals surface area contributed by atoms with Gasteiger partial charge in [-0.15, -0.1) is 11.3 Å². The molecule has 1 aliphatic rings. The monoisotopic (exact) mass is 211 g/mol. The molecule has 2 heterocycles. The van der Waals surface area contributed by atoms with Gasteiger partial charge < -0.3 is 9.31 Å². The van der Waals surface area contributed by atoms with E-state index < -0.39 is 0 Å². The van der Waals surface area contributed by atoms with E-state index >= 15 is 0 Å². The van der Waals surface area contributed by atoms with Crippen molar-refractivity contribution in [2.45, 2.75) is 20.8 Å². The van der Waals surface area contributed by atoms with Gasteiger partial charge in [0.2, 0.25) is 0 Å². The molecular formula is C9H14BNO2S. The van der Waals surface area contributed by atoms with Gasteiger partial charge in [0.05, 0.1) is 0 Å². The molecule has 0 aromatic carbocycles. The minimum Gasteiger partial charge on any atom is -0.405 e. The maximum absolute atomic E-state index is 5.62. The molecule has 0 N–H and O–H groups in total. The summed E-state index contributed by atoms with van der Waals surface area (Å²) in [5, 5.41) is 0. The first-order chi connectivity index (χ1) is 6.57. The largest absolute Gasteiger partial charge is 0.524 e. The van der Waals surface area contributed by atoms with E-state index in [1.165, 1.54) is 4.88 Å². The third-order valence-electron chi connectivity index (χ3n) is 2.09. The summed E-state index contributed by atoms with van der Waals surface area (Å²) in [5.41, 5.74) is 0.128. The predicted molar refractivity (Wildman–Crippen MR) is 57.9 cm³/mol. The molecule has 1 fully saturated rings. The van der Waals surface area contributed by atoms with Crippen LogP contribution in [0.2, 0.25) is 0 Å². The highest BCUT2D eigenvalue weighted by atomic mass is 32.1. The van der Waals surface area contributed by atoms with Crippen LogP contribution < -0.4 is 4.91 Å². The molecule has 3 nitrogen and oxygen atoms in total. The van der Waals surface area contributed by atoms with Gasteiger partial charge in [0.15, 0.2) is 0 Å². The Bertz CT molecular complexity index is 316. The first-order valence-electron chi connectivity index (χ1n) is 4.72. The topological polar surface area (TPSA) is 31.4 Å². The lowest BCUT2D eigenvalue weighted by molar-refractivity contribution is 0.0343. The van der Waals surface area contributed by atoms with Crippen LogP contribution in [0.4, 0.5) is 0 Å². The van der Waals surface area contributed by atoms with Crippen LogP contribution in [0.3, 0.4) is 0 Å². The quantitative estimate of drug-likeness (QED) is 0.654. The molecule has 2 rings (SSSR count). The Morgan fingerprint density at radius 3 is 2.57 bits per heavy atom. The standard InChI is InChI=1S/C9H14BNO2S/c1-7-4-11-8(14-7)10-12-5-9(2,3)6-13-10/h4H,5-6H2,1-3H3. The fourth-order valence-electron chi connectivity index (χ4n) is 1.32. The van der Waals surface area contributed by atoms with Crippen molar-refractivity contribution in [1.29, 1.82) is 0 Å². The minimum atomic E-state index is -0.248. The summed E-state index contributed by atoms with van der Waals surface area (Å²) < 4.78 is 11.2. The summed E-state index contributed by atoms with van der Waals surface area (Å²) in [5.74, 6) is 0. The molecular weight excluding hydrogens is 197 g/mol. The molecule has 5 heteroatoms. The molecule has 0 spiro atoms. The maximum atomic E-state index is 5.62. The number of aryl methyl sites for hydroxylation is 1. The second-order valence-electron chi connectivity index (χ2n) is 4.43. The van der Waals surface area contributed by atoms with Crippen LogP contribution in [0.5, 0.6) is 0 Å². The molecule has 0 aliphatic carbocycles. The minimum absolute atomic E-state index is 0.128. The predicted octanol–water partition coefficient (Wildman–Crippen LogP) is 1.22. The Balaban J connectivity index is 2.02. The smallest absolute Gasteiger partial charge is 0.405 e. The van der Waals surface area contributed by atoms with Crippen molar-refractivity contribution in [3.63, 3.8) is 0 Å². The number of aromatic nitrogens is 1. The van der Waals surface area contributed by atoms with E-state index in [1.54, 1.807) is 11.3 Å². The van der Waals surface area contributed by atoms with Crippen molar-refractivity contribution >= 4 is 23.4 Å². The van der Waals surface area contributed by atoms with Gasteiger partial charge in [-0.05, 0) is 6.92 Å². The Hall–Kier alpha value is -0.385. The zero-order chi connectivity index (χ0) is 10.2. The van der Waals surface area contributed by atoms with Crippen LogP contribution in [0.25, 0.3) is 0 Å². The van der Waals surface area contributed by atoms with Gasteiger partial charge in [0.25, 0.3) is 0 Å². The van der Waals surface area contributed by atoms with Crippen molar-refractivity contribution in [1.82, 2.24) is 4.98 Å². The zero-order valence-electron chi connectivity index (χ0n) is 8.74. The molecule has 1 aromatic heterocycles. The molecule has 1 aromatic rings. The van der Waals surface area contributed by atoms with E-state index in [1.807, 2.05) is 13.1 Å². The van der Waals surface area contributed by atoms with E-state index in [0.29, 0.717) is 0 Å². The fourth-order valence-corrected chi connectivity index (χ4v) is 2.09. The Labute approximate surface area is 88.6 Å². The molecule has 76 valence electrons. The number of rotatable bonds is 1. The third-order valence-corrected chi connectivity index (χ3v) is 3.03. The summed E-state index contributed by atoms with van der Waals surface area (Å²) in [4.78, 5) is 6.38. The van der Waals surface area contributed by atoms with Gasteiger partial charge in [0.1, 0.15) is 4.91 Å². The highest BCUT2D eigenvalue weighted by Gasteiger charge is 2.35. The molecule has 1 saturated heterocycles. The summed E-state index contributed by atoms with van der Waals surface area (Å²) in [6.07, 6.45) is 1.85. The maximum Gasteiger partial charge on any atom is 0.524 e. The molecule has 14 heavy (non-hydrogen) atoms. The Morgan fingerprint density at radius 1 is 1.43 bits per heavy atom. The normalized spacial score (nSPS) is 21.2. The molecule has 1 aliphatic heterocycles.